The van der Waals surface area contributed by atoms with Crippen LogP contribution in [0.15, 0.2) is 34.9 Å². The minimum atomic E-state index is -0.485. The van der Waals surface area contributed by atoms with E-state index >= 15 is 0 Å². The molecule has 0 N–H and O–H groups in total. The predicted octanol–water partition coefficient (Wildman–Crippen LogP) is 2.70. The van der Waals surface area contributed by atoms with Gasteiger partial charge in [-0.05, 0) is 17.7 Å². The summed E-state index contributed by atoms with van der Waals surface area (Å²) in [5.74, 6) is 0. The molecule has 1 rings (SSSR count). The van der Waals surface area contributed by atoms with E-state index in [9.17, 15) is 10.1 Å². The highest BCUT2D eigenvalue weighted by atomic mass is 79.9. The summed E-state index contributed by atoms with van der Waals surface area (Å²) in [4.78, 5) is 9.48. The number of nitrogens with zero attached hydrogens (tertiary/aromatic N) is 1. The van der Waals surface area contributed by atoms with Crippen molar-refractivity contribution in [2.75, 3.05) is 0 Å². The van der Waals surface area contributed by atoms with Crippen LogP contribution in [0.5, 0.6) is 0 Å². The van der Waals surface area contributed by atoms with Crippen molar-refractivity contribution in [1.82, 2.24) is 0 Å². The Bertz CT molecular complexity index is 323. The lowest BCUT2D eigenvalue weighted by atomic mass is 10.2. The number of hydrogen-bond donors (Lipinski definition) is 0. The van der Waals surface area contributed by atoms with Crippen LogP contribution in [0.3, 0.4) is 0 Å². The molecule has 0 aromatic heterocycles. The summed E-state index contributed by atoms with van der Waals surface area (Å²) >= 11 is 3.27. The third kappa shape index (κ3) is 2.84. The van der Waals surface area contributed by atoms with Crippen LogP contribution < -0.4 is 0 Å². The van der Waals surface area contributed by atoms with Gasteiger partial charge >= 0.3 is 0 Å². The van der Waals surface area contributed by atoms with Crippen LogP contribution >= 0.6 is 15.9 Å². The van der Waals surface area contributed by atoms with Gasteiger partial charge in [-0.2, -0.15) is 0 Å². The third-order valence-corrected chi connectivity index (χ3v) is 1.73. The molecule has 3 nitrogen and oxygen atoms in total. The molecule has 0 radical (unpaired) electrons. The fourth-order valence-electron chi connectivity index (χ4n) is 0.757. The molecule has 0 fully saturated rings. The largest absolute Gasteiger partial charge is 0.259 e. The highest BCUT2D eigenvalue weighted by molar-refractivity contribution is 9.10. The second kappa shape index (κ2) is 4.01. The molecule has 0 aliphatic carbocycles. The average Bonchev–Trinajstić information content (AvgIpc) is 2.01. The topological polar surface area (TPSA) is 43.1 Å². The maximum absolute atomic E-state index is 9.96. The standard InChI is InChI=1S/C8H6BrNO2/c9-8-3-1-2-7(6-8)4-5-10(11)12/h1-6H. The van der Waals surface area contributed by atoms with Crippen molar-refractivity contribution >= 4 is 22.0 Å². The van der Waals surface area contributed by atoms with E-state index in [4.69, 9.17) is 0 Å². The molecular weight excluding hydrogens is 222 g/mol. The van der Waals surface area contributed by atoms with E-state index in [0.29, 0.717) is 0 Å². The lowest BCUT2D eigenvalue weighted by Gasteiger charge is -1.91. The maximum atomic E-state index is 9.96. The van der Waals surface area contributed by atoms with E-state index < -0.39 is 4.92 Å². The Labute approximate surface area is 78.0 Å². The first-order chi connectivity index (χ1) is 5.68. The second-order valence-corrected chi connectivity index (χ2v) is 3.07. The monoisotopic (exact) mass is 227 g/mol. The van der Waals surface area contributed by atoms with E-state index in [2.05, 4.69) is 15.9 Å². The zero-order valence-corrected chi connectivity index (χ0v) is 7.69. The van der Waals surface area contributed by atoms with Gasteiger partial charge in [-0.15, -0.1) is 0 Å². The van der Waals surface area contributed by atoms with E-state index in [0.717, 1.165) is 16.2 Å². The van der Waals surface area contributed by atoms with Crippen molar-refractivity contribution in [3.05, 3.63) is 50.6 Å². The zero-order chi connectivity index (χ0) is 8.97. The quantitative estimate of drug-likeness (QED) is 0.576. The van der Waals surface area contributed by atoms with E-state index in [1.54, 1.807) is 12.1 Å². The Hall–Kier alpha value is -1.16. The normalized spacial score (nSPS) is 10.4. The molecule has 0 spiro atoms. The summed E-state index contributed by atoms with van der Waals surface area (Å²) in [6.07, 6.45) is 2.37. The number of rotatable bonds is 2. The van der Waals surface area contributed by atoms with E-state index in [-0.39, 0.29) is 0 Å². The van der Waals surface area contributed by atoms with Gasteiger partial charge in [0.05, 0.1) is 4.92 Å². The molecular formula is C8H6BrNO2. The third-order valence-electron chi connectivity index (χ3n) is 1.24. The van der Waals surface area contributed by atoms with Gasteiger partial charge < -0.3 is 0 Å². The van der Waals surface area contributed by atoms with Crippen LogP contribution in [-0.2, 0) is 0 Å². The lowest BCUT2D eigenvalue weighted by molar-refractivity contribution is -0.400. The zero-order valence-electron chi connectivity index (χ0n) is 6.11. The fraction of sp³-hybridized carbons (Fsp3) is 0. The van der Waals surface area contributed by atoms with Gasteiger partial charge in [-0.1, -0.05) is 28.1 Å². The van der Waals surface area contributed by atoms with Gasteiger partial charge in [0.2, 0.25) is 6.20 Å². The van der Waals surface area contributed by atoms with Gasteiger partial charge in [-0.3, -0.25) is 10.1 Å². The molecule has 0 aliphatic heterocycles. The number of nitro groups is 1. The van der Waals surface area contributed by atoms with E-state index in [1.165, 1.54) is 6.08 Å². The molecule has 0 bridgehead atoms. The molecule has 62 valence electrons. The summed E-state index contributed by atoms with van der Waals surface area (Å²) in [5, 5.41) is 9.96. The maximum Gasteiger partial charge on any atom is 0.235 e. The molecule has 0 unspecified atom stereocenters. The molecule has 4 heteroatoms. The van der Waals surface area contributed by atoms with Crippen LogP contribution in [0.25, 0.3) is 6.08 Å². The molecule has 0 atom stereocenters. The highest BCUT2D eigenvalue weighted by Gasteiger charge is 1.90. The summed E-state index contributed by atoms with van der Waals surface area (Å²) in [6.45, 7) is 0. The summed E-state index contributed by atoms with van der Waals surface area (Å²) < 4.78 is 0.910. The van der Waals surface area contributed by atoms with E-state index in [1.807, 2.05) is 12.1 Å². The van der Waals surface area contributed by atoms with Gasteiger partial charge in [0.15, 0.2) is 0 Å². The Morgan fingerprint density at radius 2 is 2.25 bits per heavy atom. The molecule has 0 aliphatic rings. The average molecular weight is 228 g/mol. The molecule has 0 saturated carbocycles. The second-order valence-electron chi connectivity index (χ2n) is 2.16. The smallest absolute Gasteiger partial charge is 0.235 e. The molecule has 1 aromatic carbocycles. The molecule has 0 amide bonds. The Kier molecular flexibility index (Phi) is 2.99. The molecule has 12 heavy (non-hydrogen) atoms. The van der Waals surface area contributed by atoms with Crippen molar-refractivity contribution in [1.29, 1.82) is 0 Å². The van der Waals surface area contributed by atoms with Gasteiger partial charge in [-0.25, -0.2) is 0 Å². The Morgan fingerprint density at radius 1 is 1.50 bits per heavy atom. The van der Waals surface area contributed by atoms with Gasteiger partial charge in [0.1, 0.15) is 0 Å². The predicted molar refractivity (Wildman–Crippen MR) is 50.2 cm³/mol. The SMILES string of the molecule is O=[N+]([O-])C=Cc1cccc(Br)c1. The number of hydrogen-bond acceptors (Lipinski definition) is 2. The Balaban J connectivity index is 2.83. The van der Waals surface area contributed by atoms with Crippen LogP contribution in [-0.4, -0.2) is 4.92 Å². The first-order valence-electron chi connectivity index (χ1n) is 3.26. The first-order valence-corrected chi connectivity index (χ1v) is 4.05. The molecule has 0 heterocycles. The van der Waals surface area contributed by atoms with Gasteiger partial charge in [0.25, 0.3) is 0 Å². The highest BCUT2D eigenvalue weighted by Crippen LogP contribution is 2.12. The van der Waals surface area contributed by atoms with Crippen molar-refractivity contribution in [3.8, 4) is 0 Å². The minimum absolute atomic E-state index is 0.485. The van der Waals surface area contributed by atoms with Crippen molar-refractivity contribution in [2.24, 2.45) is 0 Å². The molecule has 1 aromatic rings. The summed E-state index contributed by atoms with van der Waals surface area (Å²) in [5.41, 5.74) is 0.807. The van der Waals surface area contributed by atoms with Crippen LogP contribution in [0.1, 0.15) is 5.56 Å². The molecule has 0 saturated heterocycles. The van der Waals surface area contributed by atoms with Crippen molar-refractivity contribution in [2.45, 2.75) is 0 Å². The lowest BCUT2D eigenvalue weighted by Crippen LogP contribution is -1.82. The van der Waals surface area contributed by atoms with Crippen LogP contribution in [0, 0.1) is 10.1 Å². The Morgan fingerprint density at radius 3 is 2.83 bits per heavy atom. The number of benzene rings is 1. The summed E-state index contributed by atoms with van der Waals surface area (Å²) in [7, 11) is 0. The first kappa shape index (κ1) is 8.93. The van der Waals surface area contributed by atoms with Gasteiger partial charge in [0, 0.05) is 10.5 Å². The van der Waals surface area contributed by atoms with Crippen molar-refractivity contribution < 1.29 is 4.92 Å². The van der Waals surface area contributed by atoms with Crippen molar-refractivity contribution in [3.63, 3.8) is 0 Å². The minimum Gasteiger partial charge on any atom is -0.259 e. The fourth-order valence-corrected chi connectivity index (χ4v) is 1.17. The summed E-state index contributed by atoms with van der Waals surface area (Å²) in [6, 6.07) is 7.29. The van der Waals surface area contributed by atoms with Crippen LogP contribution in [0.2, 0.25) is 0 Å². The van der Waals surface area contributed by atoms with Crippen LogP contribution in [0.4, 0.5) is 0 Å². The number of halogens is 1.